The van der Waals surface area contributed by atoms with Crippen LogP contribution in [0.4, 0.5) is 0 Å². The van der Waals surface area contributed by atoms with Crippen LogP contribution in [0.5, 0.6) is 5.75 Å². The van der Waals surface area contributed by atoms with E-state index in [9.17, 15) is 22.9 Å². The van der Waals surface area contributed by atoms with Gasteiger partial charge >= 0.3 is 59.1 Å². The molecule has 0 atom stereocenters. The van der Waals surface area contributed by atoms with Crippen LogP contribution in [0, 0.1) is 0 Å². The number of benzene rings is 1. The molecule has 1 N–H and O–H groups in total. The van der Waals surface area contributed by atoms with Crippen molar-refractivity contribution in [3.8, 4) is 5.75 Å². The normalized spacial score (nSPS) is 9.81. The average molecular weight is 262 g/mol. The number of rotatable bonds is 2. The van der Waals surface area contributed by atoms with Crippen LogP contribution in [0.3, 0.4) is 0 Å². The zero-order valence-electron chi connectivity index (χ0n) is 8.63. The van der Waals surface area contributed by atoms with Gasteiger partial charge in [0, 0.05) is 5.56 Å². The van der Waals surface area contributed by atoms with Crippen molar-refractivity contribution in [3.63, 3.8) is 0 Å². The maximum atomic E-state index is 10.4. The molecule has 0 fully saturated rings. The van der Waals surface area contributed by atoms with Crippen molar-refractivity contribution >= 4 is 16.1 Å². The van der Waals surface area contributed by atoms with Crippen molar-refractivity contribution < 1.29 is 87.1 Å². The predicted molar refractivity (Wildman–Crippen MR) is 40.4 cm³/mol. The number of aromatic hydroxyl groups is 1. The summed E-state index contributed by atoms with van der Waals surface area (Å²) >= 11 is 0. The number of hydrogen-bond donors (Lipinski definition) is 1. The molecule has 1 rings (SSSR count). The van der Waals surface area contributed by atoms with Gasteiger partial charge in [-0.05, 0) is 18.2 Å². The molecule has 6 nitrogen and oxygen atoms in total. The van der Waals surface area contributed by atoms with Crippen LogP contribution in [0.1, 0.15) is 10.4 Å². The van der Waals surface area contributed by atoms with Gasteiger partial charge < -0.3 is 19.6 Å². The Bertz CT molecular complexity index is 484. The summed E-state index contributed by atoms with van der Waals surface area (Å²) in [7, 11) is -4.69. The largest absolute Gasteiger partial charge is 1.00 e. The van der Waals surface area contributed by atoms with Crippen molar-refractivity contribution in [2.24, 2.45) is 0 Å². The molecule has 0 aliphatic heterocycles. The van der Waals surface area contributed by atoms with Gasteiger partial charge in [0.05, 0.1) is 10.9 Å². The van der Waals surface area contributed by atoms with Crippen LogP contribution < -0.4 is 64.2 Å². The minimum atomic E-state index is -4.69. The molecule has 76 valence electrons. The van der Waals surface area contributed by atoms with Crippen LogP contribution in [-0.2, 0) is 10.1 Å². The summed E-state index contributed by atoms with van der Waals surface area (Å²) in [5.41, 5.74) is -0.572. The zero-order valence-corrected chi connectivity index (χ0v) is 13.4. The topological polar surface area (TPSA) is 118 Å². The van der Waals surface area contributed by atoms with E-state index < -0.39 is 32.3 Å². The fourth-order valence-electron chi connectivity index (χ4n) is 0.840. The van der Waals surface area contributed by atoms with Gasteiger partial charge in [0.15, 0.2) is 0 Å². The minimum Gasteiger partial charge on any atom is -0.744 e. The minimum absolute atomic E-state index is 0. The third kappa shape index (κ3) is 4.72. The Morgan fingerprint density at radius 3 is 2.06 bits per heavy atom. The van der Waals surface area contributed by atoms with E-state index in [1.165, 1.54) is 0 Å². The monoisotopic (exact) mass is 262 g/mol. The fraction of sp³-hybridized carbons (Fsp3) is 0. The molecular weight excluding hydrogens is 258 g/mol. The summed E-state index contributed by atoms with van der Waals surface area (Å²) < 4.78 is 31.3. The summed E-state index contributed by atoms with van der Waals surface area (Å²) in [5, 5.41) is 19.3. The SMILES string of the molecule is O=C([O-])c1ccc(S(=O)(=O)[O-])cc1O.[Na+].[Na+]. The Balaban J connectivity index is 0. The van der Waals surface area contributed by atoms with E-state index in [0.717, 1.165) is 12.1 Å². The molecular formula is C7H4Na2O6S. The number of phenols is 1. The van der Waals surface area contributed by atoms with Gasteiger partial charge in [-0.2, -0.15) is 0 Å². The van der Waals surface area contributed by atoms with Gasteiger partial charge in [-0.3, -0.25) is 0 Å². The number of carbonyl (C=O) groups is 1. The third-order valence-electron chi connectivity index (χ3n) is 1.48. The second-order valence-corrected chi connectivity index (χ2v) is 3.80. The third-order valence-corrected chi connectivity index (χ3v) is 2.31. The molecule has 1 aromatic rings. The van der Waals surface area contributed by atoms with E-state index in [4.69, 9.17) is 5.11 Å². The zero-order chi connectivity index (χ0) is 10.9. The maximum absolute atomic E-state index is 10.4. The Hall–Kier alpha value is 0.400. The maximum Gasteiger partial charge on any atom is 1.00 e. The van der Waals surface area contributed by atoms with Crippen LogP contribution >= 0.6 is 0 Å². The molecule has 9 heteroatoms. The smallest absolute Gasteiger partial charge is 0.744 e. The number of carboxylic acid groups (broad SMARTS) is 1. The van der Waals surface area contributed by atoms with Crippen LogP contribution in [0.15, 0.2) is 23.1 Å². The first kappa shape index (κ1) is 18.8. The molecule has 0 amide bonds. The summed E-state index contributed by atoms with van der Waals surface area (Å²) in [6.45, 7) is 0. The molecule has 0 aromatic heterocycles. The Labute approximate surface area is 136 Å². The van der Waals surface area contributed by atoms with Crippen LogP contribution in [-0.4, -0.2) is 24.0 Å². The molecule has 16 heavy (non-hydrogen) atoms. The average Bonchev–Trinajstić information content (AvgIpc) is 2.01. The number of hydrogen-bond acceptors (Lipinski definition) is 6. The molecule has 0 unspecified atom stereocenters. The van der Waals surface area contributed by atoms with Crippen molar-refractivity contribution in [1.29, 1.82) is 0 Å². The number of carboxylic acids is 1. The van der Waals surface area contributed by atoms with Crippen molar-refractivity contribution in [3.05, 3.63) is 23.8 Å². The van der Waals surface area contributed by atoms with Gasteiger partial charge in [0.1, 0.15) is 15.9 Å². The van der Waals surface area contributed by atoms with Gasteiger partial charge in [-0.15, -0.1) is 0 Å². The molecule has 0 aliphatic carbocycles. The molecule has 0 aliphatic rings. The Morgan fingerprint density at radius 2 is 1.75 bits per heavy atom. The Morgan fingerprint density at radius 1 is 1.25 bits per heavy atom. The van der Waals surface area contributed by atoms with Crippen molar-refractivity contribution in [2.45, 2.75) is 4.90 Å². The molecule has 0 saturated carbocycles. The molecule has 0 radical (unpaired) electrons. The van der Waals surface area contributed by atoms with E-state index in [1.54, 1.807) is 0 Å². The molecule has 1 aromatic carbocycles. The molecule has 0 spiro atoms. The van der Waals surface area contributed by atoms with Gasteiger partial charge in [0.2, 0.25) is 0 Å². The Kier molecular flexibility index (Phi) is 8.17. The van der Waals surface area contributed by atoms with E-state index in [-0.39, 0.29) is 59.1 Å². The first-order valence-electron chi connectivity index (χ1n) is 3.32. The predicted octanol–water partition coefficient (Wildman–Crippen LogP) is -7.33. The standard InChI is InChI=1S/C7H6O6S.2Na/c8-6-3-4(14(11,12)13)1-2-5(6)7(9)10;;/h1-3,8H,(H,9,10)(H,11,12,13);;/q;2*+1/p-2. The summed E-state index contributed by atoms with van der Waals surface area (Å²) in [5.74, 6) is -2.47. The van der Waals surface area contributed by atoms with E-state index in [1.807, 2.05) is 0 Å². The van der Waals surface area contributed by atoms with E-state index in [0.29, 0.717) is 6.07 Å². The van der Waals surface area contributed by atoms with Gasteiger partial charge in [-0.1, -0.05) is 0 Å². The summed E-state index contributed by atoms with van der Waals surface area (Å²) in [6, 6.07) is 2.14. The van der Waals surface area contributed by atoms with Crippen molar-refractivity contribution in [2.75, 3.05) is 0 Å². The molecule has 0 bridgehead atoms. The quantitative estimate of drug-likeness (QED) is 0.418. The first-order valence-corrected chi connectivity index (χ1v) is 4.73. The molecule has 0 heterocycles. The summed E-state index contributed by atoms with van der Waals surface area (Å²) in [6.07, 6.45) is 0. The van der Waals surface area contributed by atoms with E-state index >= 15 is 0 Å². The summed E-state index contributed by atoms with van der Waals surface area (Å²) in [4.78, 5) is 9.59. The number of carbonyl (C=O) groups excluding carboxylic acids is 1. The van der Waals surface area contributed by atoms with E-state index in [2.05, 4.69) is 0 Å². The van der Waals surface area contributed by atoms with Gasteiger partial charge in [0.25, 0.3) is 0 Å². The molecule has 0 saturated heterocycles. The van der Waals surface area contributed by atoms with Gasteiger partial charge in [-0.25, -0.2) is 8.42 Å². The fourth-order valence-corrected chi connectivity index (χ4v) is 1.33. The second-order valence-electron chi connectivity index (χ2n) is 2.42. The van der Waals surface area contributed by atoms with Crippen LogP contribution in [0.25, 0.3) is 0 Å². The first-order chi connectivity index (χ1) is 6.32. The van der Waals surface area contributed by atoms with Crippen molar-refractivity contribution in [1.82, 2.24) is 0 Å². The number of aromatic carboxylic acids is 1. The van der Waals surface area contributed by atoms with Crippen LogP contribution in [0.2, 0.25) is 0 Å². The second kappa shape index (κ2) is 6.97.